The Balaban J connectivity index is 1.79. The summed E-state index contributed by atoms with van der Waals surface area (Å²) in [6.07, 6.45) is 0. The first-order valence-electron chi connectivity index (χ1n) is 7.16. The lowest BCUT2D eigenvalue weighted by atomic mass is 10.2. The molecule has 0 aliphatic heterocycles. The molecule has 0 saturated carbocycles. The summed E-state index contributed by atoms with van der Waals surface area (Å²) >= 11 is 11.0. The number of thiocarbonyl (C=S) groups is 1. The quantitative estimate of drug-likeness (QED) is 0.774. The van der Waals surface area contributed by atoms with Gasteiger partial charge in [0, 0.05) is 5.69 Å². The van der Waals surface area contributed by atoms with Crippen molar-refractivity contribution < 1.29 is 9.13 Å². The van der Waals surface area contributed by atoms with Gasteiger partial charge in [0.2, 0.25) is 0 Å². The third kappa shape index (κ3) is 5.69. The maximum atomic E-state index is 13.1. The van der Waals surface area contributed by atoms with Crippen LogP contribution in [0.1, 0.15) is 12.5 Å². The van der Waals surface area contributed by atoms with Gasteiger partial charge in [-0.2, -0.15) is 0 Å². The monoisotopic (exact) mass is 352 g/mol. The van der Waals surface area contributed by atoms with E-state index in [1.807, 2.05) is 38.1 Å². The minimum atomic E-state index is -0.462. The van der Waals surface area contributed by atoms with Crippen LogP contribution in [0.4, 0.5) is 10.1 Å². The normalized spacial score (nSPS) is 11.7. The Labute approximate surface area is 145 Å². The Morgan fingerprint density at radius 2 is 1.96 bits per heavy atom. The first kappa shape index (κ1) is 17.5. The van der Waals surface area contributed by atoms with Gasteiger partial charge in [0.1, 0.15) is 18.2 Å². The molecule has 0 aliphatic rings. The van der Waals surface area contributed by atoms with Gasteiger partial charge < -0.3 is 15.4 Å². The molecule has 0 fully saturated rings. The number of ether oxygens (including phenoxy) is 1. The van der Waals surface area contributed by atoms with Crippen LogP contribution >= 0.6 is 23.8 Å². The van der Waals surface area contributed by atoms with E-state index in [0.717, 1.165) is 5.75 Å². The van der Waals surface area contributed by atoms with E-state index in [1.54, 1.807) is 6.07 Å². The number of rotatable bonds is 5. The average molecular weight is 353 g/mol. The molecule has 3 nitrogen and oxygen atoms in total. The summed E-state index contributed by atoms with van der Waals surface area (Å²) in [5, 5.41) is 6.54. The molecule has 0 heterocycles. The highest BCUT2D eigenvalue weighted by Crippen LogP contribution is 2.19. The van der Waals surface area contributed by atoms with Gasteiger partial charge in [-0.3, -0.25) is 0 Å². The van der Waals surface area contributed by atoms with Crippen LogP contribution in [0.5, 0.6) is 5.75 Å². The van der Waals surface area contributed by atoms with Gasteiger partial charge in [-0.1, -0.05) is 29.3 Å². The standard InChI is InChI=1S/C17H18ClFN2OS/c1-11-3-6-14(7-4-11)22-10-12(2)20-17(23)21-13-5-8-16(19)15(18)9-13/h3-9,12H,10H2,1-2H3,(H2,20,21,23)/t12-/m1/s1. The second kappa shape index (κ2) is 8.13. The van der Waals surface area contributed by atoms with E-state index in [4.69, 9.17) is 28.6 Å². The molecule has 122 valence electrons. The number of nitrogens with one attached hydrogen (secondary N) is 2. The van der Waals surface area contributed by atoms with Gasteiger partial charge in [-0.05, 0) is 56.4 Å². The highest BCUT2D eigenvalue weighted by atomic mass is 35.5. The van der Waals surface area contributed by atoms with Crippen LogP contribution < -0.4 is 15.4 Å². The number of hydrogen-bond donors (Lipinski definition) is 2. The summed E-state index contributed by atoms with van der Waals surface area (Å²) in [4.78, 5) is 0. The fourth-order valence-corrected chi connectivity index (χ4v) is 2.36. The average Bonchev–Trinajstić information content (AvgIpc) is 2.50. The predicted molar refractivity (Wildman–Crippen MR) is 96.9 cm³/mol. The van der Waals surface area contributed by atoms with Crippen LogP contribution in [-0.2, 0) is 0 Å². The van der Waals surface area contributed by atoms with E-state index in [0.29, 0.717) is 17.4 Å². The maximum absolute atomic E-state index is 13.1. The molecule has 1 atom stereocenters. The van der Waals surface area contributed by atoms with Crippen molar-refractivity contribution in [3.8, 4) is 5.75 Å². The zero-order valence-corrected chi connectivity index (χ0v) is 14.5. The molecule has 23 heavy (non-hydrogen) atoms. The molecule has 0 radical (unpaired) electrons. The summed E-state index contributed by atoms with van der Waals surface area (Å²) in [6.45, 7) is 4.45. The van der Waals surface area contributed by atoms with Gasteiger partial charge >= 0.3 is 0 Å². The van der Waals surface area contributed by atoms with Crippen molar-refractivity contribution in [1.29, 1.82) is 0 Å². The Morgan fingerprint density at radius 1 is 1.26 bits per heavy atom. The fraction of sp³-hybridized carbons (Fsp3) is 0.235. The molecule has 0 saturated heterocycles. The summed E-state index contributed by atoms with van der Waals surface area (Å²) in [5.41, 5.74) is 1.81. The minimum absolute atomic E-state index is 0.00669. The maximum Gasteiger partial charge on any atom is 0.171 e. The molecular weight excluding hydrogens is 335 g/mol. The molecule has 0 unspecified atom stereocenters. The summed E-state index contributed by atoms with van der Waals surface area (Å²) < 4.78 is 18.8. The Bertz CT molecular complexity index is 679. The van der Waals surface area contributed by atoms with E-state index < -0.39 is 5.82 Å². The number of anilines is 1. The SMILES string of the molecule is Cc1ccc(OC[C@@H](C)NC(=S)Nc2ccc(F)c(Cl)c2)cc1. The van der Waals surface area contributed by atoms with E-state index >= 15 is 0 Å². The van der Waals surface area contributed by atoms with Crippen LogP contribution in [0.15, 0.2) is 42.5 Å². The van der Waals surface area contributed by atoms with E-state index in [2.05, 4.69) is 10.6 Å². The van der Waals surface area contributed by atoms with Crippen LogP contribution in [0.25, 0.3) is 0 Å². The molecule has 6 heteroatoms. The van der Waals surface area contributed by atoms with Gasteiger partial charge in [0.15, 0.2) is 5.11 Å². The summed E-state index contributed by atoms with van der Waals surface area (Å²) in [6, 6.07) is 12.2. The van der Waals surface area contributed by atoms with Crippen molar-refractivity contribution in [2.24, 2.45) is 0 Å². The summed E-state index contributed by atoms with van der Waals surface area (Å²) in [7, 11) is 0. The van der Waals surface area contributed by atoms with Gasteiger partial charge in [0.25, 0.3) is 0 Å². The number of aryl methyl sites for hydroxylation is 1. The molecule has 2 aromatic carbocycles. The van der Waals surface area contributed by atoms with Crippen molar-refractivity contribution in [2.45, 2.75) is 19.9 Å². The second-order valence-corrected chi connectivity index (χ2v) is 6.07. The van der Waals surface area contributed by atoms with Gasteiger partial charge in [-0.25, -0.2) is 4.39 Å². The van der Waals surface area contributed by atoms with Gasteiger partial charge in [0.05, 0.1) is 11.1 Å². The predicted octanol–water partition coefficient (Wildman–Crippen LogP) is 4.54. The van der Waals surface area contributed by atoms with Crippen molar-refractivity contribution in [3.63, 3.8) is 0 Å². The van der Waals surface area contributed by atoms with E-state index in [-0.39, 0.29) is 11.1 Å². The Morgan fingerprint density at radius 3 is 2.61 bits per heavy atom. The van der Waals surface area contributed by atoms with Crippen molar-refractivity contribution in [1.82, 2.24) is 5.32 Å². The Hall–Kier alpha value is -1.85. The highest BCUT2D eigenvalue weighted by molar-refractivity contribution is 7.80. The first-order valence-corrected chi connectivity index (χ1v) is 7.94. The number of benzene rings is 2. The minimum Gasteiger partial charge on any atom is -0.491 e. The zero-order chi connectivity index (χ0) is 16.8. The molecular formula is C17H18ClFN2OS. The summed E-state index contributed by atoms with van der Waals surface area (Å²) in [5.74, 6) is 0.351. The largest absolute Gasteiger partial charge is 0.491 e. The lowest BCUT2D eigenvalue weighted by Gasteiger charge is -2.18. The number of hydrogen-bond acceptors (Lipinski definition) is 2. The molecule has 0 amide bonds. The fourth-order valence-electron chi connectivity index (χ4n) is 1.86. The third-order valence-corrected chi connectivity index (χ3v) is 3.59. The van der Waals surface area contributed by atoms with E-state index in [1.165, 1.54) is 17.7 Å². The Kier molecular flexibility index (Phi) is 6.19. The second-order valence-electron chi connectivity index (χ2n) is 5.25. The van der Waals surface area contributed by atoms with Crippen molar-refractivity contribution in [2.75, 3.05) is 11.9 Å². The molecule has 2 rings (SSSR count). The van der Waals surface area contributed by atoms with Crippen LogP contribution in [0.3, 0.4) is 0 Å². The molecule has 0 bridgehead atoms. The molecule has 2 N–H and O–H groups in total. The van der Waals surface area contributed by atoms with Gasteiger partial charge in [-0.15, -0.1) is 0 Å². The van der Waals surface area contributed by atoms with Crippen molar-refractivity contribution in [3.05, 3.63) is 58.9 Å². The third-order valence-electron chi connectivity index (χ3n) is 3.08. The van der Waals surface area contributed by atoms with Crippen LogP contribution in [0, 0.1) is 12.7 Å². The molecule has 0 aliphatic carbocycles. The highest BCUT2D eigenvalue weighted by Gasteiger charge is 2.07. The van der Waals surface area contributed by atoms with Crippen LogP contribution in [0.2, 0.25) is 5.02 Å². The number of halogens is 2. The molecule has 0 spiro atoms. The smallest absolute Gasteiger partial charge is 0.171 e. The van der Waals surface area contributed by atoms with Crippen molar-refractivity contribution >= 4 is 34.6 Å². The zero-order valence-electron chi connectivity index (χ0n) is 12.9. The molecule has 0 aromatic heterocycles. The lowest BCUT2D eigenvalue weighted by Crippen LogP contribution is -2.39. The van der Waals surface area contributed by atoms with Crippen LogP contribution in [-0.4, -0.2) is 17.8 Å². The topological polar surface area (TPSA) is 33.3 Å². The lowest BCUT2D eigenvalue weighted by molar-refractivity contribution is 0.287. The molecule has 2 aromatic rings. The van der Waals surface area contributed by atoms with E-state index in [9.17, 15) is 4.39 Å². The first-order chi connectivity index (χ1) is 10.9.